The molecule has 12 nitrogen and oxygen atoms in total. The first-order valence-electron chi connectivity index (χ1n) is 26.8. The highest BCUT2D eigenvalue weighted by atomic mass is 31.2. The molecule has 7 rings (SSSR count). The molecule has 5 aromatic rings. The number of carbonyl (C=O) groups is 5. The second kappa shape index (κ2) is 25.3. The lowest BCUT2D eigenvalue weighted by Gasteiger charge is -2.53. The number of likely N-dealkylation sites (tertiary alicyclic amines) is 1. The summed E-state index contributed by atoms with van der Waals surface area (Å²) in [6, 6.07) is 42.8. The summed E-state index contributed by atoms with van der Waals surface area (Å²) in [5.41, 5.74) is 1.28. The minimum atomic E-state index is -3.16. The number of benzene rings is 5. The van der Waals surface area contributed by atoms with Crippen LogP contribution < -0.4 is 30.7 Å². The molecule has 78 heavy (non-hydrogen) atoms. The van der Waals surface area contributed by atoms with E-state index < -0.39 is 47.6 Å². The van der Waals surface area contributed by atoms with E-state index in [0.717, 1.165) is 15.9 Å². The maximum atomic E-state index is 15.0. The van der Waals surface area contributed by atoms with E-state index in [4.69, 9.17) is 23.1 Å². The van der Waals surface area contributed by atoms with Crippen LogP contribution in [0.1, 0.15) is 88.9 Å². The normalized spacial score (nSPS) is 18.4. The van der Waals surface area contributed by atoms with Gasteiger partial charge in [0, 0.05) is 30.9 Å². The van der Waals surface area contributed by atoms with Gasteiger partial charge in [0.25, 0.3) is 0 Å². The molecule has 0 bridgehead atoms. The fraction of sp³-hybridized carbons (Fsp3) is 0.397. The third kappa shape index (κ3) is 13.3. The zero-order valence-corrected chi connectivity index (χ0v) is 51.0. The molecule has 0 saturated carbocycles. The van der Waals surface area contributed by atoms with Crippen molar-refractivity contribution in [3.8, 4) is 11.5 Å². The predicted octanol–water partition coefficient (Wildman–Crippen LogP) is 11.2. The van der Waals surface area contributed by atoms with Crippen LogP contribution in [0.4, 0.5) is 0 Å². The highest BCUT2D eigenvalue weighted by Crippen LogP contribution is 2.51. The van der Waals surface area contributed by atoms with Crippen molar-refractivity contribution in [3.63, 3.8) is 0 Å². The highest BCUT2D eigenvalue weighted by Gasteiger charge is 2.57. The van der Waals surface area contributed by atoms with E-state index in [2.05, 4.69) is 79.6 Å². The van der Waals surface area contributed by atoms with Crippen LogP contribution in [0.3, 0.4) is 0 Å². The average molecular weight is 1110 g/mol. The van der Waals surface area contributed by atoms with Gasteiger partial charge in [0.15, 0.2) is 28.2 Å². The van der Waals surface area contributed by atoms with E-state index in [1.807, 2.05) is 105 Å². The molecule has 2 aliphatic heterocycles. The summed E-state index contributed by atoms with van der Waals surface area (Å²) in [5, 5.41) is 5.46. The lowest BCUT2D eigenvalue weighted by atomic mass is 9.79. The van der Waals surface area contributed by atoms with Crippen LogP contribution in [-0.4, -0.2) is 101 Å². The molecule has 2 heterocycles. The minimum absolute atomic E-state index is 0.00146. The van der Waals surface area contributed by atoms with Gasteiger partial charge in [0.05, 0.1) is 50.3 Å². The fourth-order valence-corrected chi connectivity index (χ4v) is 17.0. The summed E-state index contributed by atoms with van der Waals surface area (Å²) in [5.74, 6) is -0.860. The van der Waals surface area contributed by atoms with Gasteiger partial charge >= 0.3 is 5.97 Å². The summed E-state index contributed by atoms with van der Waals surface area (Å²) in [7, 11) is -1.18. The number of Topliss-reactive ketones (excluding diaryl/α,β-unsaturated/α-hetero) is 2. The van der Waals surface area contributed by atoms with Crippen molar-refractivity contribution < 1.29 is 47.0 Å². The smallest absolute Gasteiger partial charge is 0.356 e. The molecular formula is C63H81N2O10PSi2. The van der Waals surface area contributed by atoms with Crippen molar-refractivity contribution in [2.24, 2.45) is 11.8 Å². The third-order valence-corrected chi connectivity index (χ3v) is 29.4. The molecule has 2 aliphatic rings. The number of methoxy groups -OCH3 is 2. The molecule has 2 fully saturated rings. The van der Waals surface area contributed by atoms with Gasteiger partial charge < -0.3 is 33.3 Å². The van der Waals surface area contributed by atoms with Gasteiger partial charge in [-0.2, -0.15) is 0 Å². The number of esters is 1. The molecule has 6 atom stereocenters. The monoisotopic (exact) mass is 1110 g/mol. The highest BCUT2D eigenvalue weighted by molar-refractivity contribution is 7.96. The van der Waals surface area contributed by atoms with E-state index in [1.54, 1.807) is 67.7 Å². The van der Waals surface area contributed by atoms with E-state index in [9.17, 15) is 19.2 Å². The number of rotatable bonds is 21. The summed E-state index contributed by atoms with van der Waals surface area (Å²) >= 11 is 0. The molecule has 0 aliphatic carbocycles. The average Bonchev–Trinajstić information content (AvgIpc) is 3.41. The van der Waals surface area contributed by atoms with Gasteiger partial charge in [-0.3, -0.25) is 19.2 Å². The van der Waals surface area contributed by atoms with E-state index in [1.165, 1.54) is 6.08 Å². The standard InChI is InChI=1S/C43H50NO6PSi.C20H31NO4Si/c1-9-28-49-42(47)41(51(34-22-13-10-14-23-34,35-24-15-11-16-25-35)36-26-17-12-18-27-36)44-37(30-38(45)32-20-19-21-33(29-32)48-6)39(40(44)46)31(2)50-52(7,8)43(3,4)5;1-13(25-26(6,7)20(2,3)4)18-16(21-19(18)23)12-17(22)14-9-8-10-15(11-14)24-5/h9-27,29,31,37,39H,1,28,30H2,2-8H3;8-11,13,16,18H,12H2,1-7H3,(H,21,23)/t31-,37-,39-;13-,16-,18-/m11/s1. The Morgan fingerprint density at radius 3 is 1.42 bits per heavy atom. The zero-order chi connectivity index (χ0) is 57.4. The van der Waals surface area contributed by atoms with Crippen LogP contribution in [0.15, 0.2) is 152 Å². The Hall–Kier alpha value is -6.16. The topological polar surface area (TPSA) is 147 Å². The van der Waals surface area contributed by atoms with Crippen LogP contribution in [0.2, 0.25) is 36.3 Å². The molecule has 15 heteroatoms. The van der Waals surface area contributed by atoms with Gasteiger partial charge in [-0.05, 0) is 90.3 Å². The Morgan fingerprint density at radius 1 is 0.628 bits per heavy atom. The Morgan fingerprint density at radius 2 is 1.04 bits per heavy atom. The number of hydrogen-bond acceptors (Lipinski definition) is 10. The molecule has 0 radical (unpaired) electrons. The van der Waals surface area contributed by atoms with Crippen LogP contribution in [0.25, 0.3) is 0 Å². The van der Waals surface area contributed by atoms with Crippen molar-refractivity contribution in [3.05, 3.63) is 163 Å². The predicted molar refractivity (Wildman–Crippen MR) is 320 cm³/mol. The summed E-state index contributed by atoms with van der Waals surface area (Å²) < 4.78 is 29.8. The van der Waals surface area contributed by atoms with Crippen LogP contribution in [0, 0.1) is 11.8 Å². The first kappa shape index (κ1) is 61.1. The SMILES string of the molecule is C=CCOC(=O)C(N1C(=O)[C@H]([C@@H](C)O[Si](C)(C)C(C)(C)C)[C@H]1CC(=O)c1cccc(OC)c1)=P(c1ccccc1)(c1ccccc1)c1ccccc1.COc1cccc(C(=O)C[C@H]2NC(=O)[C@@H]2[C@@H](C)O[Si](C)(C)C(C)(C)C)c1. The summed E-state index contributed by atoms with van der Waals surface area (Å²) in [4.78, 5) is 70.5. The summed E-state index contributed by atoms with van der Waals surface area (Å²) in [6.45, 7) is 26.1. The van der Waals surface area contributed by atoms with E-state index in [-0.39, 0.29) is 76.4 Å². The number of hydrogen-bond donors (Lipinski definition) is 1. The number of ether oxygens (including phenoxy) is 3. The molecule has 416 valence electrons. The Bertz CT molecular complexity index is 2890. The molecule has 2 amide bonds. The summed E-state index contributed by atoms with van der Waals surface area (Å²) in [6.07, 6.45) is 1.03. The zero-order valence-electron chi connectivity index (χ0n) is 48.1. The van der Waals surface area contributed by atoms with Gasteiger partial charge in [-0.15, -0.1) is 0 Å². The maximum absolute atomic E-state index is 15.0. The third-order valence-electron chi connectivity index (χ3n) is 16.0. The van der Waals surface area contributed by atoms with Gasteiger partial charge in [-0.1, -0.05) is 169 Å². The van der Waals surface area contributed by atoms with E-state index in [0.29, 0.717) is 22.6 Å². The molecule has 0 spiro atoms. The Labute approximate surface area is 465 Å². The largest absolute Gasteiger partial charge is 0.497 e. The number of amides is 2. The molecule has 2 saturated heterocycles. The first-order chi connectivity index (χ1) is 36.7. The van der Waals surface area contributed by atoms with Crippen molar-refractivity contribution in [2.45, 2.75) is 129 Å². The Balaban J connectivity index is 0.000000317. The van der Waals surface area contributed by atoms with Crippen LogP contribution in [0.5, 0.6) is 11.5 Å². The molecule has 5 aromatic carbocycles. The van der Waals surface area contributed by atoms with Crippen LogP contribution in [-0.2, 0) is 28.0 Å². The van der Waals surface area contributed by atoms with Crippen molar-refractivity contribution in [1.82, 2.24) is 10.2 Å². The quantitative estimate of drug-likeness (QED) is 0.0188. The lowest BCUT2D eigenvalue weighted by molar-refractivity contribution is -0.156. The molecular weight excluding hydrogens is 1030 g/mol. The number of carbonyl (C=O) groups excluding carboxylic acids is 5. The van der Waals surface area contributed by atoms with Crippen molar-refractivity contribution in [2.75, 3.05) is 20.8 Å². The van der Waals surface area contributed by atoms with Gasteiger partial charge in [-0.25, -0.2) is 4.79 Å². The number of nitrogens with one attached hydrogen (secondary N) is 1. The van der Waals surface area contributed by atoms with Crippen molar-refractivity contribution in [1.29, 1.82) is 0 Å². The minimum Gasteiger partial charge on any atom is -0.497 e. The molecule has 0 aromatic heterocycles. The van der Waals surface area contributed by atoms with E-state index >= 15 is 4.79 Å². The molecule has 0 unspecified atom stereocenters. The molecule has 1 N–H and O–H groups in total. The fourth-order valence-electron chi connectivity index (χ4n) is 9.75. The first-order valence-corrected chi connectivity index (χ1v) is 34.4. The number of ketones is 2. The van der Waals surface area contributed by atoms with Crippen LogP contribution >= 0.6 is 6.89 Å². The Kier molecular flexibility index (Phi) is 19.8. The van der Waals surface area contributed by atoms with Gasteiger partial charge in [0.2, 0.25) is 11.8 Å². The second-order valence-corrected chi connectivity index (χ2v) is 36.0. The number of nitrogens with zero attached hydrogens (tertiary/aromatic N) is 1. The second-order valence-electron chi connectivity index (χ2n) is 23.2. The number of β-lactam (4-membered cyclic amide) rings is 2. The van der Waals surface area contributed by atoms with Gasteiger partial charge in [0.1, 0.15) is 23.5 Å². The lowest BCUT2D eigenvalue weighted by Crippen LogP contribution is -2.69. The van der Waals surface area contributed by atoms with Crippen molar-refractivity contribution >= 4 is 74.2 Å². The maximum Gasteiger partial charge on any atom is 0.356 e.